The van der Waals surface area contributed by atoms with Gasteiger partial charge in [-0.05, 0) is 25.1 Å². The Morgan fingerprint density at radius 3 is 2.58 bits per heavy atom. The van der Waals surface area contributed by atoms with Gasteiger partial charge in [-0.25, -0.2) is 9.98 Å². The Bertz CT molecular complexity index is 1280. The number of benzene rings is 2. The standard InChI is InChI=1S/C23H18N6O2/c1-14-8-7-13-18(24-14)22-28-29-23(31-22)27-20-21(30)25-17-12-6-5-11-16(17)19(26-20)15-9-3-2-4-10-15/h2-13,20H,1H3,(H,25,30)(H,27,29)/t20-/m1/s1. The lowest BCUT2D eigenvalue weighted by atomic mass is 10.0. The Balaban J connectivity index is 1.50. The minimum absolute atomic E-state index is 0.0839. The second-order valence-corrected chi connectivity index (χ2v) is 7.00. The van der Waals surface area contributed by atoms with Gasteiger partial charge in [0.2, 0.25) is 6.17 Å². The highest BCUT2D eigenvalue weighted by Crippen LogP contribution is 2.25. The minimum atomic E-state index is -0.957. The zero-order valence-electron chi connectivity index (χ0n) is 16.6. The van der Waals surface area contributed by atoms with Crippen LogP contribution in [0, 0.1) is 6.92 Å². The summed E-state index contributed by atoms with van der Waals surface area (Å²) in [6.07, 6.45) is -0.957. The lowest BCUT2D eigenvalue weighted by molar-refractivity contribution is -0.116. The van der Waals surface area contributed by atoms with E-state index in [0.717, 1.165) is 16.8 Å². The third-order valence-electron chi connectivity index (χ3n) is 4.79. The van der Waals surface area contributed by atoms with Crippen LogP contribution >= 0.6 is 0 Å². The molecule has 0 radical (unpaired) electrons. The van der Waals surface area contributed by atoms with Gasteiger partial charge in [0.15, 0.2) is 0 Å². The molecule has 1 amide bonds. The summed E-state index contributed by atoms with van der Waals surface area (Å²) >= 11 is 0. The van der Waals surface area contributed by atoms with Gasteiger partial charge in [-0.3, -0.25) is 4.79 Å². The fraction of sp³-hybridized carbons (Fsp3) is 0.0870. The molecule has 0 aliphatic carbocycles. The normalized spacial score (nSPS) is 15.5. The number of para-hydroxylation sites is 1. The van der Waals surface area contributed by atoms with E-state index in [0.29, 0.717) is 17.1 Å². The number of amides is 1. The van der Waals surface area contributed by atoms with Gasteiger partial charge in [-0.2, -0.15) is 0 Å². The van der Waals surface area contributed by atoms with Crippen molar-refractivity contribution in [3.8, 4) is 11.6 Å². The molecule has 152 valence electrons. The number of benzodiazepines with no additional fused rings is 1. The van der Waals surface area contributed by atoms with Crippen LogP contribution in [-0.4, -0.2) is 33.0 Å². The first-order valence-electron chi connectivity index (χ1n) is 9.75. The van der Waals surface area contributed by atoms with Crippen molar-refractivity contribution >= 4 is 23.3 Å². The molecule has 4 aromatic rings. The lowest BCUT2D eigenvalue weighted by Gasteiger charge is -2.11. The van der Waals surface area contributed by atoms with E-state index in [1.807, 2.05) is 73.7 Å². The average molecular weight is 410 g/mol. The van der Waals surface area contributed by atoms with Crippen LogP contribution in [0.15, 0.2) is 82.2 Å². The molecule has 1 aliphatic heterocycles. The van der Waals surface area contributed by atoms with E-state index >= 15 is 0 Å². The maximum absolute atomic E-state index is 12.9. The van der Waals surface area contributed by atoms with Crippen LogP contribution < -0.4 is 10.6 Å². The first kappa shape index (κ1) is 18.7. The summed E-state index contributed by atoms with van der Waals surface area (Å²) in [5, 5.41) is 13.9. The number of pyridine rings is 1. The molecule has 5 rings (SSSR count). The van der Waals surface area contributed by atoms with E-state index in [2.05, 4.69) is 25.8 Å². The predicted molar refractivity (Wildman–Crippen MR) is 117 cm³/mol. The Hall–Kier alpha value is -4.33. The Morgan fingerprint density at radius 2 is 1.74 bits per heavy atom. The van der Waals surface area contributed by atoms with Crippen LogP contribution in [-0.2, 0) is 4.79 Å². The van der Waals surface area contributed by atoms with Gasteiger partial charge in [0.1, 0.15) is 5.69 Å². The molecule has 2 aromatic carbocycles. The molecule has 0 spiro atoms. The number of fused-ring (bicyclic) bond motifs is 1. The molecule has 0 saturated carbocycles. The summed E-state index contributed by atoms with van der Waals surface area (Å²) in [6.45, 7) is 1.88. The number of hydrogen-bond acceptors (Lipinski definition) is 7. The highest BCUT2D eigenvalue weighted by atomic mass is 16.4. The van der Waals surface area contributed by atoms with Crippen LogP contribution in [0.2, 0.25) is 0 Å². The van der Waals surface area contributed by atoms with Gasteiger partial charge in [-0.15, -0.1) is 5.10 Å². The topological polar surface area (TPSA) is 105 Å². The maximum Gasteiger partial charge on any atom is 0.317 e. The molecule has 1 aliphatic rings. The van der Waals surface area contributed by atoms with Crippen LogP contribution in [0.5, 0.6) is 0 Å². The Morgan fingerprint density at radius 1 is 0.935 bits per heavy atom. The summed E-state index contributed by atoms with van der Waals surface area (Å²) in [5.41, 5.74) is 4.51. The molecule has 0 saturated heterocycles. The second kappa shape index (κ2) is 7.83. The van der Waals surface area contributed by atoms with Gasteiger partial charge in [0.05, 0.1) is 11.4 Å². The SMILES string of the molecule is Cc1cccc(-c2nnc(N[C@H]3N=C(c4ccccc4)c4ccccc4NC3=O)o2)n1. The molecule has 8 nitrogen and oxygen atoms in total. The largest absolute Gasteiger partial charge is 0.402 e. The number of carbonyl (C=O) groups excluding carboxylic acids is 1. The summed E-state index contributed by atoms with van der Waals surface area (Å²) < 4.78 is 5.69. The highest BCUT2D eigenvalue weighted by molar-refractivity contribution is 6.19. The Kier molecular flexibility index (Phi) is 4.72. The zero-order chi connectivity index (χ0) is 21.2. The van der Waals surface area contributed by atoms with Crippen molar-refractivity contribution in [3.05, 3.63) is 89.6 Å². The Labute approximate surface area is 178 Å². The summed E-state index contributed by atoms with van der Waals surface area (Å²) in [5.74, 6) is -0.0670. The minimum Gasteiger partial charge on any atom is -0.402 e. The van der Waals surface area contributed by atoms with Gasteiger partial charge < -0.3 is 15.1 Å². The number of carbonyl (C=O) groups is 1. The fourth-order valence-electron chi connectivity index (χ4n) is 3.35. The second-order valence-electron chi connectivity index (χ2n) is 7.00. The van der Waals surface area contributed by atoms with Crippen molar-refractivity contribution in [1.29, 1.82) is 0 Å². The maximum atomic E-state index is 12.9. The van der Waals surface area contributed by atoms with Crippen LogP contribution in [0.3, 0.4) is 0 Å². The molecule has 2 aromatic heterocycles. The van der Waals surface area contributed by atoms with E-state index in [-0.39, 0.29) is 17.8 Å². The van der Waals surface area contributed by atoms with Crippen molar-refractivity contribution in [2.75, 3.05) is 10.6 Å². The van der Waals surface area contributed by atoms with E-state index < -0.39 is 6.17 Å². The highest BCUT2D eigenvalue weighted by Gasteiger charge is 2.27. The first-order valence-corrected chi connectivity index (χ1v) is 9.75. The van der Waals surface area contributed by atoms with E-state index in [4.69, 9.17) is 9.41 Å². The number of anilines is 2. The molecule has 1 atom stereocenters. The zero-order valence-corrected chi connectivity index (χ0v) is 16.6. The molecule has 2 N–H and O–H groups in total. The number of rotatable bonds is 4. The first-order chi connectivity index (χ1) is 15.2. The number of nitrogens with one attached hydrogen (secondary N) is 2. The van der Waals surface area contributed by atoms with Gasteiger partial charge >= 0.3 is 6.01 Å². The monoisotopic (exact) mass is 410 g/mol. The summed E-state index contributed by atoms with van der Waals surface area (Å²) in [4.78, 5) is 22.0. The van der Waals surface area contributed by atoms with Crippen molar-refractivity contribution in [2.24, 2.45) is 4.99 Å². The van der Waals surface area contributed by atoms with Crippen molar-refractivity contribution < 1.29 is 9.21 Å². The predicted octanol–water partition coefficient (Wildman–Crippen LogP) is 3.67. The molecular formula is C23H18N6O2. The number of nitrogens with zero attached hydrogens (tertiary/aromatic N) is 4. The van der Waals surface area contributed by atoms with Gasteiger partial charge in [-0.1, -0.05) is 59.7 Å². The lowest BCUT2D eigenvalue weighted by Crippen LogP contribution is -2.32. The molecule has 0 bridgehead atoms. The number of aryl methyl sites for hydroxylation is 1. The van der Waals surface area contributed by atoms with Crippen LogP contribution in [0.1, 0.15) is 16.8 Å². The quantitative estimate of drug-likeness (QED) is 0.532. The third-order valence-corrected chi connectivity index (χ3v) is 4.79. The number of hydrogen-bond donors (Lipinski definition) is 2. The van der Waals surface area contributed by atoms with Crippen LogP contribution in [0.25, 0.3) is 11.6 Å². The fourth-order valence-corrected chi connectivity index (χ4v) is 3.35. The van der Waals surface area contributed by atoms with E-state index in [1.165, 1.54) is 0 Å². The van der Waals surface area contributed by atoms with E-state index in [1.54, 1.807) is 6.07 Å². The van der Waals surface area contributed by atoms with Crippen molar-refractivity contribution in [2.45, 2.75) is 13.1 Å². The van der Waals surface area contributed by atoms with Crippen LogP contribution in [0.4, 0.5) is 11.7 Å². The van der Waals surface area contributed by atoms with Gasteiger partial charge in [0.25, 0.3) is 11.8 Å². The van der Waals surface area contributed by atoms with Crippen molar-refractivity contribution in [1.82, 2.24) is 15.2 Å². The molecule has 31 heavy (non-hydrogen) atoms. The van der Waals surface area contributed by atoms with Gasteiger partial charge in [0, 0.05) is 16.8 Å². The number of aliphatic imine (C=N–C) groups is 1. The molecule has 0 fully saturated rings. The molecular weight excluding hydrogens is 392 g/mol. The summed E-state index contributed by atoms with van der Waals surface area (Å²) in [7, 11) is 0. The third kappa shape index (κ3) is 3.78. The molecule has 8 heteroatoms. The van der Waals surface area contributed by atoms with Crippen molar-refractivity contribution in [3.63, 3.8) is 0 Å². The summed E-state index contributed by atoms with van der Waals surface area (Å²) in [6, 6.07) is 22.9. The molecule has 0 unspecified atom stereocenters. The average Bonchev–Trinajstić information content (AvgIpc) is 3.21. The molecule has 3 heterocycles. The number of aromatic nitrogens is 3. The smallest absolute Gasteiger partial charge is 0.317 e. The van der Waals surface area contributed by atoms with E-state index in [9.17, 15) is 4.79 Å².